The van der Waals surface area contributed by atoms with Gasteiger partial charge in [0.25, 0.3) is 5.92 Å². The van der Waals surface area contributed by atoms with E-state index in [1.165, 1.54) is 4.90 Å². The minimum Gasteiger partial charge on any atom is -0.445 e. The number of ether oxygens (including phenoxy) is 1. The van der Waals surface area contributed by atoms with Crippen LogP contribution < -0.4 is 5.32 Å². The number of likely N-dealkylation sites (tertiary alicyclic amines) is 1. The zero-order valence-electron chi connectivity index (χ0n) is 12.4. The number of hydrogen-bond acceptors (Lipinski definition) is 3. The van der Waals surface area contributed by atoms with E-state index >= 15 is 0 Å². The molecule has 2 aliphatic heterocycles. The Balaban J connectivity index is 1.52. The summed E-state index contributed by atoms with van der Waals surface area (Å²) in [6.45, 7) is 0.924. The highest BCUT2D eigenvalue weighted by atomic mass is 19.3. The van der Waals surface area contributed by atoms with Gasteiger partial charge in [-0.05, 0) is 18.4 Å². The van der Waals surface area contributed by atoms with E-state index in [4.69, 9.17) is 4.74 Å². The second-order valence-corrected chi connectivity index (χ2v) is 6.12. The molecule has 0 saturated carbocycles. The number of hydrogen-bond donors (Lipinski definition) is 1. The van der Waals surface area contributed by atoms with Crippen LogP contribution in [0.5, 0.6) is 0 Å². The smallest absolute Gasteiger partial charge is 0.410 e. The molecule has 120 valence electrons. The van der Waals surface area contributed by atoms with Crippen LogP contribution in [0, 0.1) is 5.41 Å². The average Bonchev–Trinajstić information content (AvgIpc) is 2.81. The number of halogens is 2. The highest BCUT2D eigenvalue weighted by molar-refractivity contribution is 5.67. The van der Waals surface area contributed by atoms with Gasteiger partial charge in [0.2, 0.25) is 0 Å². The topological polar surface area (TPSA) is 41.6 Å². The van der Waals surface area contributed by atoms with E-state index in [0.717, 1.165) is 5.56 Å². The van der Waals surface area contributed by atoms with Crippen LogP contribution in [0.15, 0.2) is 30.3 Å². The fourth-order valence-electron chi connectivity index (χ4n) is 3.25. The quantitative estimate of drug-likeness (QED) is 0.913. The maximum Gasteiger partial charge on any atom is 0.410 e. The Hall–Kier alpha value is -1.69. The third kappa shape index (κ3) is 2.79. The maximum atomic E-state index is 14.0. The minimum atomic E-state index is -2.69. The molecule has 1 aromatic carbocycles. The van der Waals surface area contributed by atoms with Crippen molar-refractivity contribution in [3.63, 3.8) is 0 Å². The van der Waals surface area contributed by atoms with E-state index < -0.39 is 17.4 Å². The van der Waals surface area contributed by atoms with E-state index in [1.54, 1.807) is 0 Å². The summed E-state index contributed by atoms with van der Waals surface area (Å²) in [5.41, 5.74) is -0.0840. The molecule has 4 nitrogen and oxygen atoms in total. The molecule has 1 N–H and O–H groups in total. The van der Waals surface area contributed by atoms with Crippen molar-refractivity contribution >= 4 is 6.09 Å². The van der Waals surface area contributed by atoms with E-state index in [2.05, 4.69) is 5.32 Å². The summed E-state index contributed by atoms with van der Waals surface area (Å²) >= 11 is 0. The first kappa shape index (κ1) is 15.2. The molecule has 22 heavy (non-hydrogen) atoms. The van der Waals surface area contributed by atoms with Gasteiger partial charge in [0.15, 0.2) is 0 Å². The highest BCUT2D eigenvalue weighted by Gasteiger charge is 2.58. The molecule has 0 radical (unpaired) electrons. The largest absolute Gasteiger partial charge is 0.445 e. The lowest BCUT2D eigenvalue weighted by Crippen LogP contribution is -2.50. The first-order valence-electron chi connectivity index (χ1n) is 7.57. The second-order valence-electron chi connectivity index (χ2n) is 6.12. The van der Waals surface area contributed by atoms with Crippen molar-refractivity contribution in [3.05, 3.63) is 35.9 Å². The second kappa shape index (κ2) is 5.83. The van der Waals surface area contributed by atoms with Gasteiger partial charge in [-0.15, -0.1) is 0 Å². The third-order valence-corrected chi connectivity index (χ3v) is 4.77. The van der Waals surface area contributed by atoms with Gasteiger partial charge in [0.1, 0.15) is 6.61 Å². The Morgan fingerprint density at radius 3 is 2.45 bits per heavy atom. The van der Waals surface area contributed by atoms with Crippen molar-refractivity contribution in [2.24, 2.45) is 5.41 Å². The summed E-state index contributed by atoms with van der Waals surface area (Å²) in [5.74, 6) is -2.69. The average molecular weight is 310 g/mol. The van der Waals surface area contributed by atoms with Gasteiger partial charge in [0.05, 0.1) is 12.0 Å². The molecule has 1 amide bonds. The lowest BCUT2D eigenvalue weighted by molar-refractivity contribution is -0.107. The third-order valence-electron chi connectivity index (χ3n) is 4.77. The SMILES string of the molecule is O=C(OCc1ccccc1)N1CCC2(CC1)CNCC2(F)F. The van der Waals surface area contributed by atoms with Crippen LogP contribution in [0.1, 0.15) is 18.4 Å². The Kier molecular flexibility index (Phi) is 4.04. The standard InChI is InChI=1S/C16H20F2N2O2/c17-16(18)12-19-11-15(16)6-8-20(9-7-15)14(21)22-10-13-4-2-1-3-5-13/h1-5,19H,6-12H2. The summed E-state index contributed by atoms with van der Waals surface area (Å²) in [6, 6.07) is 9.41. The van der Waals surface area contributed by atoms with Crippen LogP contribution in [-0.4, -0.2) is 43.1 Å². The Labute approximate surface area is 128 Å². The first-order valence-corrected chi connectivity index (χ1v) is 7.57. The van der Waals surface area contributed by atoms with Crippen molar-refractivity contribution in [1.29, 1.82) is 0 Å². The monoisotopic (exact) mass is 310 g/mol. The van der Waals surface area contributed by atoms with Gasteiger partial charge in [-0.25, -0.2) is 13.6 Å². The summed E-state index contributed by atoms with van der Waals surface area (Å²) in [6.07, 6.45) is 0.203. The number of nitrogens with one attached hydrogen (secondary N) is 1. The van der Waals surface area contributed by atoms with Crippen molar-refractivity contribution in [2.45, 2.75) is 25.4 Å². The van der Waals surface area contributed by atoms with Crippen molar-refractivity contribution in [3.8, 4) is 0 Å². The molecule has 0 unspecified atom stereocenters. The molecule has 6 heteroatoms. The molecule has 0 bridgehead atoms. The zero-order chi connectivity index (χ0) is 15.6. The molecule has 2 fully saturated rings. The van der Waals surface area contributed by atoms with E-state index in [1.807, 2.05) is 30.3 Å². The zero-order valence-corrected chi connectivity index (χ0v) is 12.4. The number of amides is 1. The number of alkyl halides is 2. The van der Waals surface area contributed by atoms with Crippen LogP contribution in [0.3, 0.4) is 0 Å². The number of piperidine rings is 1. The van der Waals surface area contributed by atoms with Gasteiger partial charge in [-0.1, -0.05) is 30.3 Å². The van der Waals surface area contributed by atoms with E-state index in [0.29, 0.717) is 32.5 Å². The number of carbonyl (C=O) groups excluding carboxylic acids is 1. The van der Waals surface area contributed by atoms with E-state index in [9.17, 15) is 13.6 Å². The first-order chi connectivity index (χ1) is 10.5. The molecule has 0 aliphatic carbocycles. The molecule has 3 rings (SSSR count). The van der Waals surface area contributed by atoms with Crippen LogP contribution in [-0.2, 0) is 11.3 Å². The van der Waals surface area contributed by atoms with Crippen LogP contribution in [0.4, 0.5) is 13.6 Å². The Morgan fingerprint density at radius 2 is 1.86 bits per heavy atom. The minimum absolute atomic E-state index is 0.207. The highest BCUT2D eigenvalue weighted by Crippen LogP contribution is 2.47. The molecule has 1 spiro atoms. The summed E-state index contributed by atoms with van der Waals surface area (Å²) in [7, 11) is 0. The van der Waals surface area contributed by atoms with Gasteiger partial charge >= 0.3 is 6.09 Å². The molecule has 2 saturated heterocycles. The van der Waals surface area contributed by atoms with E-state index in [-0.39, 0.29) is 13.2 Å². The van der Waals surface area contributed by atoms with Crippen molar-refractivity contribution in [1.82, 2.24) is 10.2 Å². The predicted molar refractivity (Wildman–Crippen MR) is 77.7 cm³/mol. The fourth-order valence-corrected chi connectivity index (χ4v) is 3.25. The molecular formula is C16H20F2N2O2. The van der Waals surface area contributed by atoms with Crippen LogP contribution >= 0.6 is 0 Å². The number of rotatable bonds is 2. The number of nitrogens with zero attached hydrogens (tertiary/aromatic N) is 1. The summed E-state index contributed by atoms with van der Waals surface area (Å²) in [5, 5.41) is 2.78. The number of benzene rings is 1. The summed E-state index contributed by atoms with van der Waals surface area (Å²) in [4.78, 5) is 13.6. The number of carbonyl (C=O) groups is 1. The summed E-state index contributed by atoms with van der Waals surface area (Å²) < 4.78 is 33.2. The fraction of sp³-hybridized carbons (Fsp3) is 0.562. The predicted octanol–water partition coefficient (Wildman–Crippen LogP) is 2.64. The molecule has 1 aromatic rings. The normalized spacial score (nSPS) is 22.7. The van der Waals surface area contributed by atoms with Crippen LogP contribution in [0.2, 0.25) is 0 Å². The molecular weight excluding hydrogens is 290 g/mol. The van der Waals surface area contributed by atoms with Gasteiger partial charge in [-0.2, -0.15) is 0 Å². The Bertz CT molecular complexity index is 528. The Morgan fingerprint density at radius 1 is 1.18 bits per heavy atom. The molecule has 2 heterocycles. The maximum absolute atomic E-state index is 14.0. The van der Waals surface area contributed by atoms with Gasteiger partial charge in [0, 0.05) is 19.6 Å². The van der Waals surface area contributed by atoms with Crippen molar-refractivity contribution < 1.29 is 18.3 Å². The van der Waals surface area contributed by atoms with Gasteiger partial charge in [-0.3, -0.25) is 0 Å². The molecule has 0 atom stereocenters. The van der Waals surface area contributed by atoms with Crippen molar-refractivity contribution in [2.75, 3.05) is 26.2 Å². The van der Waals surface area contributed by atoms with Gasteiger partial charge < -0.3 is 15.0 Å². The lowest BCUT2D eigenvalue weighted by atomic mass is 9.75. The lowest BCUT2D eigenvalue weighted by Gasteiger charge is -2.41. The molecule has 2 aliphatic rings. The van der Waals surface area contributed by atoms with Crippen LogP contribution in [0.25, 0.3) is 0 Å². The molecule has 0 aromatic heterocycles.